The Bertz CT molecular complexity index is 509. The van der Waals surface area contributed by atoms with Gasteiger partial charge in [0.05, 0.1) is 17.1 Å². The van der Waals surface area contributed by atoms with Crippen molar-refractivity contribution in [2.45, 2.75) is 38.2 Å². The Labute approximate surface area is 116 Å². The zero-order valence-corrected chi connectivity index (χ0v) is 11.2. The number of non-ortho nitro benzene ring substituents is 1. The van der Waals surface area contributed by atoms with Crippen LogP contribution in [-0.4, -0.2) is 22.7 Å². The third-order valence-corrected chi connectivity index (χ3v) is 4.22. The molecule has 0 spiro atoms. The van der Waals surface area contributed by atoms with E-state index in [4.69, 9.17) is 5.73 Å². The Morgan fingerprint density at radius 1 is 1.45 bits per heavy atom. The monoisotopic (exact) mass is 282 g/mol. The summed E-state index contributed by atoms with van der Waals surface area (Å²) in [5.41, 5.74) is 5.58. The van der Waals surface area contributed by atoms with Crippen LogP contribution in [0.2, 0.25) is 0 Å². The van der Waals surface area contributed by atoms with Crippen LogP contribution < -0.4 is 5.73 Å². The Hall–Kier alpha value is -1.53. The number of aliphatic hydroxyl groups excluding tert-OH is 1. The number of hydrogen-bond acceptors (Lipinski definition) is 4. The van der Waals surface area contributed by atoms with Crippen molar-refractivity contribution in [2.24, 2.45) is 11.1 Å². The molecule has 1 aromatic rings. The Balaban J connectivity index is 2.29. The molecule has 0 radical (unpaired) electrons. The van der Waals surface area contributed by atoms with E-state index in [1.807, 2.05) is 0 Å². The molecule has 3 N–H and O–H groups in total. The maximum atomic E-state index is 13.5. The molecule has 2 rings (SSSR count). The van der Waals surface area contributed by atoms with Crippen LogP contribution in [0.4, 0.5) is 10.1 Å². The van der Waals surface area contributed by atoms with Crippen LogP contribution in [0.3, 0.4) is 0 Å². The Morgan fingerprint density at radius 2 is 2.20 bits per heavy atom. The molecule has 6 heteroatoms. The van der Waals surface area contributed by atoms with Gasteiger partial charge >= 0.3 is 0 Å². The fourth-order valence-electron chi connectivity index (χ4n) is 3.05. The second-order valence-corrected chi connectivity index (χ2v) is 5.58. The van der Waals surface area contributed by atoms with Crippen molar-refractivity contribution < 1.29 is 14.4 Å². The number of aliphatic hydroxyl groups is 1. The number of nitro groups is 1. The molecule has 1 fully saturated rings. The molecule has 1 aliphatic carbocycles. The lowest BCUT2D eigenvalue weighted by molar-refractivity contribution is -0.385. The topological polar surface area (TPSA) is 89.4 Å². The largest absolute Gasteiger partial charge is 0.392 e. The lowest BCUT2D eigenvalue weighted by Crippen LogP contribution is -2.45. The number of rotatable bonds is 4. The number of hydrogen-bond donors (Lipinski definition) is 2. The van der Waals surface area contributed by atoms with Crippen LogP contribution in [-0.2, 0) is 6.42 Å². The van der Waals surface area contributed by atoms with Crippen molar-refractivity contribution >= 4 is 5.69 Å². The molecule has 0 heterocycles. The number of halogens is 1. The molecule has 0 bridgehead atoms. The molecule has 110 valence electrons. The molecule has 2 unspecified atom stereocenters. The van der Waals surface area contributed by atoms with Crippen molar-refractivity contribution in [3.05, 3.63) is 39.7 Å². The van der Waals surface area contributed by atoms with Crippen molar-refractivity contribution in [2.75, 3.05) is 6.54 Å². The SMILES string of the molecule is NCC1(Cc2cc(F)cc([N+](=O)[O-])c2)CCCCC1O. The molecule has 0 saturated heterocycles. The van der Waals surface area contributed by atoms with E-state index in [1.165, 1.54) is 12.1 Å². The normalized spacial score (nSPS) is 26.4. The molecule has 1 aromatic carbocycles. The highest BCUT2D eigenvalue weighted by atomic mass is 19.1. The first kappa shape index (κ1) is 14.9. The van der Waals surface area contributed by atoms with E-state index in [9.17, 15) is 19.6 Å². The van der Waals surface area contributed by atoms with Gasteiger partial charge in [-0.05, 0) is 30.9 Å². The summed E-state index contributed by atoms with van der Waals surface area (Å²) in [6, 6.07) is 3.55. The summed E-state index contributed by atoms with van der Waals surface area (Å²) in [5.74, 6) is -0.633. The zero-order chi connectivity index (χ0) is 14.8. The van der Waals surface area contributed by atoms with Gasteiger partial charge in [-0.15, -0.1) is 0 Å². The van der Waals surface area contributed by atoms with Gasteiger partial charge in [-0.3, -0.25) is 10.1 Å². The first-order valence-corrected chi connectivity index (χ1v) is 6.79. The highest BCUT2D eigenvalue weighted by Gasteiger charge is 2.39. The van der Waals surface area contributed by atoms with Gasteiger partial charge in [-0.1, -0.05) is 12.8 Å². The van der Waals surface area contributed by atoms with Crippen LogP contribution in [0.15, 0.2) is 18.2 Å². The van der Waals surface area contributed by atoms with Gasteiger partial charge in [0.1, 0.15) is 5.82 Å². The van der Waals surface area contributed by atoms with Gasteiger partial charge in [0.15, 0.2) is 0 Å². The predicted octanol–water partition coefficient (Wildman–Crippen LogP) is 2.16. The fraction of sp³-hybridized carbons (Fsp3) is 0.571. The minimum absolute atomic E-state index is 0.266. The molecule has 20 heavy (non-hydrogen) atoms. The smallest absolute Gasteiger partial charge is 0.272 e. The van der Waals surface area contributed by atoms with E-state index in [-0.39, 0.29) is 5.69 Å². The van der Waals surface area contributed by atoms with Gasteiger partial charge in [0.2, 0.25) is 0 Å². The molecule has 0 aromatic heterocycles. The summed E-state index contributed by atoms with van der Waals surface area (Å²) in [7, 11) is 0. The summed E-state index contributed by atoms with van der Waals surface area (Å²) in [4.78, 5) is 10.2. The predicted molar refractivity (Wildman–Crippen MR) is 72.7 cm³/mol. The summed E-state index contributed by atoms with van der Waals surface area (Å²) in [6.45, 7) is 0.290. The van der Waals surface area contributed by atoms with Gasteiger partial charge in [-0.2, -0.15) is 0 Å². The van der Waals surface area contributed by atoms with E-state index in [0.717, 1.165) is 25.3 Å². The number of nitrogens with zero attached hydrogens (tertiary/aromatic N) is 1. The summed E-state index contributed by atoms with van der Waals surface area (Å²) in [5, 5.41) is 21.0. The van der Waals surface area contributed by atoms with Crippen LogP contribution in [0.5, 0.6) is 0 Å². The van der Waals surface area contributed by atoms with Crippen LogP contribution in [0.1, 0.15) is 31.2 Å². The molecule has 5 nitrogen and oxygen atoms in total. The summed E-state index contributed by atoms with van der Waals surface area (Å²) >= 11 is 0. The zero-order valence-electron chi connectivity index (χ0n) is 11.2. The van der Waals surface area contributed by atoms with E-state index < -0.39 is 22.3 Å². The molecular formula is C14H19FN2O3. The standard InChI is InChI=1S/C14H19FN2O3/c15-11-5-10(6-12(7-11)17(19)20)8-14(9-16)4-2-1-3-13(14)18/h5-7,13,18H,1-4,8-9,16H2. The number of nitro benzene ring substituents is 1. The highest BCUT2D eigenvalue weighted by molar-refractivity contribution is 5.36. The third-order valence-electron chi connectivity index (χ3n) is 4.22. The maximum absolute atomic E-state index is 13.5. The third kappa shape index (κ3) is 2.96. The second kappa shape index (κ2) is 5.85. The fourth-order valence-corrected chi connectivity index (χ4v) is 3.05. The molecule has 2 atom stereocenters. The van der Waals surface area contributed by atoms with Crippen LogP contribution >= 0.6 is 0 Å². The lowest BCUT2D eigenvalue weighted by atomic mass is 9.68. The second-order valence-electron chi connectivity index (χ2n) is 5.58. The average Bonchev–Trinajstić information content (AvgIpc) is 2.41. The molecule has 1 saturated carbocycles. The Kier molecular flexibility index (Phi) is 4.35. The first-order valence-electron chi connectivity index (χ1n) is 6.79. The van der Waals surface area contributed by atoms with Crippen molar-refractivity contribution in [3.63, 3.8) is 0 Å². The molecule has 1 aliphatic rings. The minimum atomic E-state index is -0.633. The summed E-state index contributed by atoms with van der Waals surface area (Å²) < 4.78 is 13.5. The maximum Gasteiger partial charge on any atom is 0.272 e. The van der Waals surface area contributed by atoms with Crippen LogP contribution in [0, 0.1) is 21.3 Å². The molecule has 0 amide bonds. The minimum Gasteiger partial charge on any atom is -0.392 e. The number of benzene rings is 1. The van der Waals surface area contributed by atoms with Gasteiger partial charge in [0.25, 0.3) is 5.69 Å². The van der Waals surface area contributed by atoms with Gasteiger partial charge in [0, 0.05) is 18.0 Å². The van der Waals surface area contributed by atoms with Crippen LogP contribution in [0.25, 0.3) is 0 Å². The van der Waals surface area contributed by atoms with Crippen molar-refractivity contribution in [1.29, 1.82) is 0 Å². The average molecular weight is 282 g/mol. The van der Waals surface area contributed by atoms with E-state index in [0.29, 0.717) is 24.9 Å². The van der Waals surface area contributed by atoms with Gasteiger partial charge in [-0.25, -0.2) is 4.39 Å². The first-order chi connectivity index (χ1) is 9.47. The van der Waals surface area contributed by atoms with E-state index in [1.54, 1.807) is 0 Å². The molecule has 0 aliphatic heterocycles. The summed E-state index contributed by atoms with van der Waals surface area (Å²) in [6.07, 6.45) is 3.17. The highest BCUT2D eigenvalue weighted by Crippen LogP contribution is 2.39. The van der Waals surface area contributed by atoms with E-state index in [2.05, 4.69) is 0 Å². The van der Waals surface area contributed by atoms with Crippen molar-refractivity contribution in [1.82, 2.24) is 0 Å². The number of nitrogens with two attached hydrogens (primary N) is 1. The lowest BCUT2D eigenvalue weighted by Gasteiger charge is -2.41. The molecular weight excluding hydrogens is 263 g/mol. The Morgan fingerprint density at radius 3 is 2.80 bits per heavy atom. The van der Waals surface area contributed by atoms with E-state index >= 15 is 0 Å². The van der Waals surface area contributed by atoms with Gasteiger partial charge < -0.3 is 10.8 Å². The quantitative estimate of drug-likeness (QED) is 0.654. The van der Waals surface area contributed by atoms with Crippen molar-refractivity contribution in [3.8, 4) is 0 Å².